The molecule has 0 amide bonds. The van der Waals surface area contributed by atoms with Gasteiger partial charge in [-0.25, -0.2) is 0 Å². The molecule has 4 aromatic rings. The second-order valence-corrected chi connectivity index (χ2v) is 11.2. The van der Waals surface area contributed by atoms with Crippen molar-refractivity contribution in [1.29, 1.82) is 5.26 Å². The van der Waals surface area contributed by atoms with Gasteiger partial charge in [-0.15, -0.1) is 0 Å². The van der Waals surface area contributed by atoms with E-state index in [-0.39, 0.29) is 0 Å². The summed E-state index contributed by atoms with van der Waals surface area (Å²) in [6, 6.07) is 28.8. The molecule has 0 saturated carbocycles. The molecule has 0 saturated heterocycles. The van der Waals surface area contributed by atoms with E-state index in [2.05, 4.69) is 68.4 Å². The van der Waals surface area contributed by atoms with Crippen LogP contribution in [0.5, 0.6) is 5.75 Å². The lowest BCUT2D eigenvalue weighted by molar-refractivity contribution is 0.490. The summed E-state index contributed by atoms with van der Waals surface area (Å²) in [6.07, 6.45) is 3.75. The molecule has 0 atom stereocenters. The Kier molecular flexibility index (Phi) is 7.76. The Bertz CT molecular complexity index is 1530. The van der Waals surface area contributed by atoms with Gasteiger partial charge in [0.15, 0.2) is 0 Å². The van der Waals surface area contributed by atoms with Crippen molar-refractivity contribution in [2.75, 3.05) is 6.26 Å². The highest BCUT2D eigenvalue weighted by Gasteiger charge is 2.16. The van der Waals surface area contributed by atoms with Crippen LogP contribution in [0.15, 0.2) is 78.9 Å². The maximum atomic E-state index is 12.0. The minimum absolute atomic E-state index is 0.352. The van der Waals surface area contributed by atoms with Crippen LogP contribution in [0.4, 0.5) is 0 Å². The average Bonchev–Trinajstić information content (AvgIpc) is 2.83. The minimum atomic E-state index is -3.68. The maximum Gasteiger partial charge on any atom is 0.306 e. The second kappa shape index (κ2) is 11.0. The first-order chi connectivity index (χ1) is 17.2. The molecule has 0 bridgehead atoms. The van der Waals surface area contributed by atoms with E-state index >= 15 is 0 Å². The third kappa shape index (κ3) is 6.33. The number of hydrogen-bond donors (Lipinski definition) is 0. The molecule has 184 valence electrons. The van der Waals surface area contributed by atoms with Crippen molar-refractivity contribution in [1.82, 2.24) is 0 Å². The Balaban J connectivity index is 1.82. The summed E-state index contributed by atoms with van der Waals surface area (Å²) in [5, 5.41) is 11.3. The molecule has 0 unspecified atom stereocenters. The molecule has 0 spiro atoms. The number of benzene rings is 4. The molecule has 4 nitrogen and oxygen atoms in total. The van der Waals surface area contributed by atoms with E-state index in [0.717, 1.165) is 57.7 Å². The molecule has 0 heterocycles. The Morgan fingerprint density at radius 1 is 0.889 bits per heavy atom. The monoisotopic (exact) mass is 497 g/mol. The lowest BCUT2D eigenvalue weighted by atomic mass is 9.89. The molecule has 0 radical (unpaired) electrons. The number of nitrogens with zero attached hydrogens (tertiary/aromatic N) is 1. The quantitative estimate of drug-likeness (QED) is 0.232. The normalized spacial score (nSPS) is 11.5. The van der Waals surface area contributed by atoms with E-state index in [4.69, 9.17) is 9.44 Å². The van der Waals surface area contributed by atoms with Gasteiger partial charge in [0.25, 0.3) is 0 Å². The number of fused-ring (bicyclic) bond motifs is 1. The van der Waals surface area contributed by atoms with Crippen LogP contribution in [0.2, 0.25) is 0 Å². The number of hydrogen-bond acceptors (Lipinski definition) is 4. The zero-order valence-electron chi connectivity index (χ0n) is 21.0. The third-order valence-electron chi connectivity index (χ3n) is 6.20. The fraction of sp³-hybridized carbons (Fsp3) is 0.258. The molecule has 0 aromatic heterocycles. The van der Waals surface area contributed by atoms with Crippen LogP contribution in [0.25, 0.3) is 21.9 Å². The molecule has 0 aliphatic rings. The van der Waals surface area contributed by atoms with Crippen LogP contribution in [0.1, 0.15) is 42.5 Å². The predicted octanol–water partition coefficient (Wildman–Crippen LogP) is 7.09. The summed E-state index contributed by atoms with van der Waals surface area (Å²) in [7, 11) is -3.68. The zero-order chi connectivity index (χ0) is 25.7. The van der Waals surface area contributed by atoms with Gasteiger partial charge in [0.2, 0.25) is 0 Å². The van der Waals surface area contributed by atoms with Gasteiger partial charge in [-0.05, 0) is 69.5 Å². The van der Waals surface area contributed by atoms with Gasteiger partial charge in [-0.2, -0.15) is 13.7 Å². The van der Waals surface area contributed by atoms with Crippen molar-refractivity contribution in [3.8, 4) is 22.9 Å². The zero-order valence-corrected chi connectivity index (χ0v) is 21.8. The van der Waals surface area contributed by atoms with Gasteiger partial charge in [-0.3, -0.25) is 0 Å². The predicted molar refractivity (Wildman–Crippen MR) is 147 cm³/mol. The summed E-state index contributed by atoms with van der Waals surface area (Å²) >= 11 is 0. The molecule has 36 heavy (non-hydrogen) atoms. The Morgan fingerprint density at radius 3 is 2.42 bits per heavy atom. The summed E-state index contributed by atoms with van der Waals surface area (Å²) in [6.45, 7) is 4.39. The van der Waals surface area contributed by atoms with E-state index in [1.807, 2.05) is 24.3 Å². The van der Waals surface area contributed by atoms with E-state index in [1.54, 1.807) is 6.07 Å². The molecule has 5 heteroatoms. The summed E-state index contributed by atoms with van der Waals surface area (Å²) in [4.78, 5) is 0. The highest BCUT2D eigenvalue weighted by atomic mass is 32.2. The first-order valence-electron chi connectivity index (χ1n) is 12.2. The minimum Gasteiger partial charge on any atom is -0.382 e. The Hall–Kier alpha value is -3.62. The van der Waals surface area contributed by atoms with Crippen molar-refractivity contribution in [2.45, 2.75) is 39.5 Å². The molecular formula is C31H31NO3S. The number of rotatable bonds is 9. The van der Waals surface area contributed by atoms with Gasteiger partial charge in [-0.1, -0.05) is 80.6 Å². The van der Waals surface area contributed by atoms with Gasteiger partial charge in [0.05, 0.1) is 12.3 Å². The molecular weight excluding hydrogens is 466 g/mol. The van der Waals surface area contributed by atoms with E-state index in [0.29, 0.717) is 24.5 Å². The second-order valence-electron chi connectivity index (χ2n) is 9.67. The van der Waals surface area contributed by atoms with Crippen LogP contribution in [-0.2, 0) is 29.4 Å². The molecule has 0 fully saturated rings. The Morgan fingerprint density at radius 2 is 1.67 bits per heavy atom. The van der Waals surface area contributed by atoms with E-state index in [9.17, 15) is 8.42 Å². The molecule has 0 aliphatic heterocycles. The van der Waals surface area contributed by atoms with Crippen LogP contribution in [0, 0.1) is 17.2 Å². The number of aryl methyl sites for hydroxylation is 1. The lowest BCUT2D eigenvalue weighted by Gasteiger charge is -2.17. The standard InChI is InChI=1S/C31H31NO3S/c1-22(2)18-27-19-23(8-7-17-32)13-15-30(27)26-14-16-31(35-36(3,33)34)28(21-26)20-25-11-6-10-24-9-4-5-12-29(24)25/h4-6,9-16,19,21-22H,7-8,18,20H2,1-3H3. The van der Waals surface area contributed by atoms with Crippen molar-refractivity contribution in [3.05, 3.63) is 101 Å². The van der Waals surface area contributed by atoms with E-state index < -0.39 is 10.1 Å². The lowest BCUT2D eigenvalue weighted by Crippen LogP contribution is -2.08. The van der Waals surface area contributed by atoms with Crippen molar-refractivity contribution >= 4 is 20.9 Å². The van der Waals surface area contributed by atoms with Crippen molar-refractivity contribution in [2.24, 2.45) is 5.92 Å². The molecule has 4 rings (SSSR count). The molecule has 4 aromatic carbocycles. The van der Waals surface area contributed by atoms with Crippen LogP contribution in [-0.4, -0.2) is 14.7 Å². The van der Waals surface area contributed by atoms with Crippen molar-refractivity contribution < 1.29 is 12.6 Å². The SMILES string of the molecule is CC(C)Cc1cc(CCC#N)ccc1-c1ccc(OS(C)(=O)=O)c(Cc2cccc3ccccc23)c1. The first-order valence-corrected chi connectivity index (χ1v) is 14.0. The Labute approximate surface area is 214 Å². The largest absolute Gasteiger partial charge is 0.382 e. The fourth-order valence-electron chi connectivity index (χ4n) is 4.67. The third-order valence-corrected chi connectivity index (χ3v) is 6.68. The van der Waals surface area contributed by atoms with E-state index in [1.165, 1.54) is 5.56 Å². The maximum absolute atomic E-state index is 12.0. The molecule has 0 aliphatic carbocycles. The molecule has 0 N–H and O–H groups in total. The smallest absolute Gasteiger partial charge is 0.306 e. The summed E-state index contributed by atoms with van der Waals surface area (Å²) in [5.74, 6) is 0.822. The van der Waals surface area contributed by atoms with Gasteiger partial charge in [0.1, 0.15) is 5.75 Å². The highest BCUT2D eigenvalue weighted by Crippen LogP contribution is 2.34. The highest BCUT2D eigenvalue weighted by molar-refractivity contribution is 7.86. The van der Waals surface area contributed by atoms with Crippen LogP contribution in [0.3, 0.4) is 0 Å². The fourth-order valence-corrected chi connectivity index (χ4v) is 5.16. The number of nitriles is 1. The average molecular weight is 498 g/mol. The van der Waals surface area contributed by atoms with Gasteiger partial charge >= 0.3 is 10.1 Å². The van der Waals surface area contributed by atoms with Gasteiger partial charge < -0.3 is 4.18 Å². The summed E-state index contributed by atoms with van der Waals surface area (Å²) < 4.78 is 29.5. The summed E-state index contributed by atoms with van der Waals surface area (Å²) in [5.41, 5.74) is 6.46. The topological polar surface area (TPSA) is 67.2 Å². The van der Waals surface area contributed by atoms with Crippen LogP contribution < -0.4 is 4.18 Å². The van der Waals surface area contributed by atoms with Gasteiger partial charge in [0, 0.05) is 18.4 Å². The first kappa shape index (κ1) is 25.5. The van der Waals surface area contributed by atoms with Crippen LogP contribution >= 0.6 is 0 Å². The van der Waals surface area contributed by atoms with Crippen molar-refractivity contribution in [3.63, 3.8) is 0 Å².